The molecule has 0 spiro atoms. The SMILES string of the molecule is CNCc1cncn1CCC(N)=O. The van der Waals surface area contributed by atoms with Crippen molar-refractivity contribution in [3.8, 4) is 0 Å². The minimum atomic E-state index is -0.288. The van der Waals surface area contributed by atoms with Crippen LogP contribution in [0.1, 0.15) is 12.1 Å². The molecule has 3 N–H and O–H groups in total. The number of nitrogens with two attached hydrogens (primary N) is 1. The summed E-state index contributed by atoms with van der Waals surface area (Å²) in [6.45, 7) is 1.35. The summed E-state index contributed by atoms with van der Waals surface area (Å²) in [5.74, 6) is -0.288. The number of carbonyl (C=O) groups is 1. The van der Waals surface area contributed by atoms with Crippen LogP contribution in [-0.2, 0) is 17.9 Å². The van der Waals surface area contributed by atoms with Crippen LogP contribution >= 0.6 is 0 Å². The number of nitrogens with one attached hydrogen (secondary N) is 1. The first kappa shape index (κ1) is 9.73. The van der Waals surface area contributed by atoms with E-state index in [1.54, 1.807) is 12.5 Å². The fourth-order valence-corrected chi connectivity index (χ4v) is 1.11. The van der Waals surface area contributed by atoms with Gasteiger partial charge in [0.05, 0.1) is 12.0 Å². The summed E-state index contributed by atoms with van der Waals surface area (Å²) in [4.78, 5) is 14.5. The van der Waals surface area contributed by atoms with Gasteiger partial charge in [-0.3, -0.25) is 4.79 Å². The number of rotatable bonds is 5. The molecule has 0 unspecified atom stereocenters. The van der Waals surface area contributed by atoms with Crippen LogP contribution in [0.4, 0.5) is 0 Å². The van der Waals surface area contributed by atoms with Gasteiger partial charge in [-0.1, -0.05) is 0 Å². The molecule has 1 rings (SSSR count). The van der Waals surface area contributed by atoms with Gasteiger partial charge in [-0.25, -0.2) is 4.98 Å². The molecule has 0 aliphatic heterocycles. The highest BCUT2D eigenvalue weighted by molar-refractivity contribution is 5.73. The lowest BCUT2D eigenvalue weighted by Crippen LogP contribution is -2.16. The zero-order chi connectivity index (χ0) is 9.68. The fraction of sp³-hybridized carbons (Fsp3) is 0.500. The van der Waals surface area contributed by atoms with Crippen molar-refractivity contribution in [1.82, 2.24) is 14.9 Å². The van der Waals surface area contributed by atoms with Gasteiger partial charge in [0.2, 0.25) is 5.91 Å². The molecule has 1 amide bonds. The van der Waals surface area contributed by atoms with Crippen molar-refractivity contribution in [3.63, 3.8) is 0 Å². The highest BCUT2D eigenvalue weighted by Crippen LogP contribution is 1.99. The molecule has 1 heterocycles. The third-order valence-electron chi connectivity index (χ3n) is 1.76. The smallest absolute Gasteiger partial charge is 0.219 e. The van der Waals surface area contributed by atoms with E-state index < -0.39 is 0 Å². The average molecular weight is 182 g/mol. The molecule has 13 heavy (non-hydrogen) atoms. The Bertz CT molecular complexity index is 281. The Morgan fingerprint density at radius 1 is 1.77 bits per heavy atom. The number of hydrogen-bond donors (Lipinski definition) is 2. The lowest BCUT2D eigenvalue weighted by atomic mass is 10.4. The molecule has 0 aromatic carbocycles. The Kier molecular flexibility index (Phi) is 3.45. The molecule has 72 valence electrons. The van der Waals surface area contributed by atoms with E-state index in [4.69, 9.17) is 5.73 Å². The van der Waals surface area contributed by atoms with Gasteiger partial charge in [-0.15, -0.1) is 0 Å². The van der Waals surface area contributed by atoms with Crippen LogP contribution in [0.15, 0.2) is 12.5 Å². The van der Waals surface area contributed by atoms with E-state index in [0.717, 1.165) is 12.2 Å². The van der Waals surface area contributed by atoms with E-state index in [-0.39, 0.29) is 5.91 Å². The van der Waals surface area contributed by atoms with Gasteiger partial charge in [0.25, 0.3) is 0 Å². The lowest BCUT2D eigenvalue weighted by Gasteiger charge is -2.05. The molecule has 0 fully saturated rings. The first-order chi connectivity index (χ1) is 6.24. The molecule has 5 nitrogen and oxygen atoms in total. The van der Waals surface area contributed by atoms with Crippen molar-refractivity contribution in [2.75, 3.05) is 7.05 Å². The Morgan fingerprint density at radius 2 is 2.54 bits per heavy atom. The summed E-state index contributed by atoms with van der Waals surface area (Å²) < 4.78 is 1.92. The van der Waals surface area contributed by atoms with Gasteiger partial charge in [-0.2, -0.15) is 0 Å². The molecule has 1 aromatic heterocycles. The predicted molar refractivity (Wildman–Crippen MR) is 48.8 cm³/mol. The predicted octanol–water partition coefficient (Wildman–Crippen LogP) is -0.522. The number of amides is 1. The van der Waals surface area contributed by atoms with Crippen molar-refractivity contribution in [2.45, 2.75) is 19.5 Å². The van der Waals surface area contributed by atoms with Crippen molar-refractivity contribution >= 4 is 5.91 Å². The highest BCUT2D eigenvalue weighted by Gasteiger charge is 2.01. The Hall–Kier alpha value is -1.36. The lowest BCUT2D eigenvalue weighted by molar-refractivity contribution is -0.118. The van der Waals surface area contributed by atoms with Gasteiger partial charge < -0.3 is 15.6 Å². The number of aromatic nitrogens is 2. The topological polar surface area (TPSA) is 72.9 Å². The molecule has 0 saturated heterocycles. The summed E-state index contributed by atoms with van der Waals surface area (Å²) in [7, 11) is 1.87. The average Bonchev–Trinajstić information content (AvgIpc) is 2.49. The van der Waals surface area contributed by atoms with Gasteiger partial charge in [0.1, 0.15) is 0 Å². The maximum atomic E-state index is 10.5. The molecule has 1 aromatic rings. The number of imidazole rings is 1. The Morgan fingerprint density at radius 3 is 3.15 bits per heavy atom. The zero-order valence-corrected chi connectivity index (χ0v) is 7.66. The number of nitrogens with zero attached hydrogens (tertiary/aromatic N) is 2. The van der Waals surface area contributed by atoms with Crippen LogP contribution in [0.25, 0.3) is 0 Å². The number of hydrogen-bond acceptors (Lipinski definition) is 3. The maximum Gasteiger partial charge on any atom is 0.219 e. The van der Waals surface area contributed by atoms with Crippen LogP contribution in [0.3, 0.4) is 0 Å². The van der Waals surface area contributed by atoms with Crippen LogP contribution in [0, 0.1) is 0 Å². The van der Waals surface area contributed by atoms with Crippen LogP contribution in [-0.4, -0.2) is 22.5 Å². The van der Waals surface area contributed by atoms with Gasteiger partial charge in [0, 0.05) is 25.7 Å². The Labute approximate surface area is 76.9 Å². The minimum absolute atomic E-state index is 0.288. The van der Waals surface area contributed by atoms with Crippen molar-refractivity contribution in [1.29, 1.82) is 0 Å². The van der Waals surface area contributed by atoms with E-state index in [1.165, 1.54) is 0 Å². The molecule has 0 aliphatic rings. The molecular weight excluding hydrogens is 168 g/mol. The quantitative estimate of drug-likeness (QED) is 0.643. The molecule has 0 saturated carbocycles. The van der Waals surface area contributed by atoms with E-state index in [2.05, 4.69) is 10.3 Å². The monoisotopic (exact) mass is 182 g/mol. The minimum Gasteiger partial charge on any atom is -0.370 e. The summed E-state index contributed by atoms with van der Waals surface area (Å²) >= 11 is 0. The van der Waals surface area contributed by atoms with Gasteiger partial charge in [0.15, 0.2) is 0 Å². The molecule has 0 bridgehead atoms. The molecule has 5 heteroatoms. The summed E-state index contributed by atoms with van der Waals surface area (Å²) in [6, 6.07) is 0. The zero-order valence-electron chi connectivity index (χ0n) is 7.66. The summed E-state index contributed by atoms with van der Waals surface area (Å²) in [5, 5.41) is 3.02. The molecule has 0 atom stereocenters. The summed E-state index contributed by atoms with van der Waals surface area (Å²) in [6.07, 6.45) is 3.83. The van der Waals surface area contributed by atoms with E-state index in [1.807, 2.05) is 11.6 Å². The van der Waals surface area contributed by atoms with Crippen molar-refractivity contribution < 1.29 is 4.79 Å². The first-order valence-corrected chi connectivity index (χ1v) is 4.16. The van der Waals surface area contributed by atoms with E-state index >= 15 is 0 Å². The number of aryl methyl sites for hydroxylation is 1. The van der Waals surface area contributed by atoms with Crippen LogP contribution in [0.5, 0.6) is 0 Å². The summed E-state index contributed by atoms with van der Waals surface area (Å²) in [5.41, 5.74) is 6.10. The largest absolute Gasteiger partial charge is 0.370 e. The molecule has 0 aliphatic carbocycles. The van der Waals surface area contributed by atoms with E-state index in [0.29, 0.717) is 13.0 Å². The third kappa shape index (κ3) is 2.87. The Balaban J connectivity index is 2.54. The van der Waals surface area contributed by atoms with Crippen LogP contribution in [0.2, 0.25) is 0 Å². The van der Waals surface area contributed by atoms with Crippen LogP contribution < -0.4 is 11.1 Å². The maximum absolute atomic E-state index is 10.5. The van der Waals surface area contributed by atoms with Crippen molar-refractivity contribution in [2.24, 2.45) is 5.73 Å². The molecule has 0 radical (unpaired) electrons. The standard InChI is InChI=1S/C8H14N4O/c1-10-4-7-5-11-6-12(7)3-2-8(9)13/h5-6,10H,2-4H2,1H3,(H2,9,13). The van der Waals surface area contributed by atoms with Crippen molar-refractivity contribution in [3.05, 3.63) is 18.2 Å². The third-order valence-corrected chi connectivity index (χ3v) is 1.76. The van der Waals surface area contributed by atoms with Gasteiger partial charge in [-0.05, 0) is 7.05 Å². The highest BCUT2D eigenvalue weighted by atomic mass is 16.1. The number of primary amides is 1. The number of carbonyl (C=O) groups excluding carboxylic acids is 1. The van der Waals surface area contributed by atoms with E-state index in [9.17, 15) is 4.79 Å². The van der Waals surface area contributed by atoms with Gasteiger partial charge >= 0.3 is 0 Å². The second-order valence-electron chi connectivity index (χ2n) is 2.83. The first-order valence-electron chi connectivity index (χ1n) is 4.16. The fourth-order valence-electron chi connectivity index (χ4n) is 1.11. The second-order valence-corrected chi connectivity index (χ2v) is 2.83. The molecular formula is C8H14N4O. The normalized spacial score (nSPS) is 10.2. The second kappa shape index (κ2) is 4.61.